The molecule has 0 spiro atoms. The van der Waals surface area contributed by atoms with Crippen molar-refractivity contribution in [3.05, 3.63) is 138 Å². The summed E-state index contributed by atoms with van der Waals surface area (Å²) in [6.45, 7) is 32.9. The van der Waals surface area contributed by atoms with E-state index in [2.05, 4.69) is 10.2 Å². The Balaban J connectivity index is 1.80. The number of Topliss-reactive ketones (excluding diaryl/α,β-unsaturated/α-hetero) is 2. The van der Waals surface area contributed by atoms with E-state index in [1.54, 1.807) is 55.4 Å². The molecule has 0 radical (unpaired) electrons. The molecule has 0 fully saturated rings. The van der Waals surface area contributed by atoms with Gasteiger partial charge in [-0.15, -0.1) is 0 Å². The van der Waals surface area contributed by atoms with Gasteiger partial charge >= 0.3 is 36.6 Å². The van der Waals surface area contributed by atoms with Gasteiger partial charge in [0.05, 0.1) is 49.2 Å². The monoisotopic (exact) mass is 1530 g/mol. The number of ketones is 2. The number of benzene rings is 5. The SMILES string of the molecule is CC(=O)/C(=N\N(C(=O)OC(C)(C)C)c1cc(C(=O)N(C(=O)OC(C)(C)C)c2cccc(Cl)c2C)ccc1Cl)C(=O)N(C(=O)OC(C)(C)C)c1cc(Cl)c(N(C(=O)OC(C)(C)C)C(=O)/C(=N/N(C(=O)OC(C)(C)C)c2cc(C(=O)N(C(=O)OC(C)(C)C)c3cccc(Cl)c3C)ccc2Cl)C(C)=O)cc1C. The molecule has 0 aliphatic carbocycles. The van der Waals surface area contributed by atoms with Crippen LogP contribution in [0.1, 0.15) is 176 Å². The number of carbonyl (C=O) groups excluding carboxylic acids is 12. The van der Waals surface area contributed by atoms with Crippen molar-refractivity contribution in [2.75, 3.05) is 29.6 Å². The van der Waals surface area contributed by atoms with Crippen LogP contribution in [0.25, 0.3) is 0 Å². The van der Waals surface area contributed by atoms with Crippen molar-refractivity contribution in [1.82, 2.24) is 0 Å². The van der Waals surface area contributed by atoms with Gasteiger partial charge in [-0.3, -0.25) is 28.8 Å². The number of halogens is 5. The molecule has 0 aliphatic heterocycles. The zero-order valence-corrected chi connectivity index (χ0v) is 65.7. The van der Waals surface area contributed by atoms with Gasteiger partial charge < -0.3 is 28.4 Å². The van der Waals surface area contributed by atoms with Gasteiger partial charge in [0, 0.05) is 35.0 Å². The molecule has 5 rings (SSSR count). The summed E-state index contributed by atoms with van der Waals surface area (Å²) in [5.41, 5.74) is -12.9. The summed E-state index contributed by atoms with van der Waals surface area (Å²) < 4.78 is 34.1. The fourth-order valence-electron chi connectivity index (χ4n) is 8.95. The molecule has 0 bridgehead atoms. The van der Waals surface area contributed by atoms with Gasteiger partial charge in [-0.2, -0.15) is 20.2 Å². The molecule has 5 aromatic carbocycles. The average Bonchev–Trinajstić information content (AvgIpc) is 0.776. The van der Waals surface area contributed by atoms with E-state index in [4.69, 9.17) is 86.4 Å². The number of hydrazone groups is 2. The van der Waals surface area contributed by atoms with Crippen LogP contribution in [-0.2, 0) is 47.6 Å². The first-order valence-corrected chi connectivity index (χ1v) is 33.8. The quantitative estimate of drug-likeness (QED) is 0.0431. The maximum absolute atomic E-state index is 15.5. The van der Waals surface area contributed by atoms with Crippen molar-refractivity contribution in [2.45, 2.75) is 193 Å². The standard InChI is InChI=1S/C73H83Cl5N8O18/c1-38-34-53(84(65(96)102-71(15,16)17)61(92)57(42(5)88)80-86(67(98)104-73(21,22)23)55-36-44(31-33-48(55)77)59(90)82(63(94)100-69(9,10)11)51-29-25-27-46(75)40(51)3)49(78)37-52(38)83(64(95)101-70(12,13)14)60(91)56(41(4)87)79-85(66(97)103-72(18,19)20)54-35-43(30-32-47(54)76)58(89)81(62(93)99-68(6,7)8)50-28-24-26-45(74)39(50)2/h24-37H,1-23H3/b79-56+,80-57+. The van der Waals surface area contributed by atoms with E-state index >= 15 is 9.59 Å². The second-order valence-electron chi connectivity index (χ2n) is 29.3. The van der Waals surface area contributed by atoms with Crippen molar-refractivity contribution in [3.63, 3.8) is 0 Å². The van der Waals surface area contributed by atoms with Gasteiger partial charge in [0.25, 0.3) is 23.6 Å². The van der Waals surface area contributed by atoms with Crippen LogP contribution >= 0.6 is 58.0 Å². The molecule has 558 valence electrons. The predicted molar refractivity (Wildman–Crippen MR) is 399 cm³/mol. The number of aryl methyl sites for hydroxylation is 1. The van der Waals surface area contributed by atoms with Gasteiger partial charge in [0.15, 0.2) is 23.0 Å². The topological polar surface area (TPSA) is 304 Å². The Morgan fingerprint density at radius 3 is 0.904 bits per heavy atom. The second kappa shape index (κ2) is 32.7. The molecule has 0 unspecified atom stereocenters. The highest BCUT2D eigenvalue weighted by atomic mass is 35.5. The van der Waals surface area contributed by atoms with Crippen molar-refractivity contribution < 1.29 is 86.0 Å². The van der Waals surface area contributed by atoms with Crippen LogP contribution in [0.4, 0.5) is 62.9 Å². The molecule has 0 atom stereocenters. The highest BCUT2D eigenvalue weighted by Gasteiger charge is 2.42. The molecule has 0 aliphatic rings. The Kier molecular flexibility index (Phi) is 26.8. The smallest absolute Gasteiger partial charge is 0.435 e. The Bertz CT molecular complexity index is 4100. The van der Waals surface area contributed by atoms with E-state index in [1.807, 2.05) is 0 Å². The fraction of sp³-hybridized carbons (Fsp3) is 0.397. The van der Waals surface area contributed by atoms with E-state index in [9.17, 15) is 47.9 Å². The van der Waals surface area contributed by atoms with Crippen LogP contribution in [0.3, 0.4) is 0 Å². The van der Waals surface area contributed by atoms with Crippen LogP contribution < -0.4 is 29.6 Å². The molecule has 0 saturated carbocycles. The first kappa shape index (κ1) is 85.2. The lowest BCUT2D eigenvalue weighted by atomic mass is 10.1. The fourth-order valence-corrected chi connectivity index (χ4v) is 9.92. The summed E-state index contributed by atoms with van der Waals surface area (Å²) in [6.07, 6.45) is -8.15. The largest absolute Gasteiger partial charge is 0.443 e. The Morgan fingerprint density at radius 1 is 0.317 bits per heavy atom. The molecule has 31 heteroatoms. The number of ether oxygens (including phenoxy) is 6. The number of rotatable bonds is 14. The minimum absolute atomic E-state index is 0.00325. The Hall–Kier alpha value is -9.47. The van der Waals surface area contributed by atoms with Gasteiger partial charge in [0.2, 0.25) is 0 Å². The molecule has 0 N–H and O–H groups in total. The van der Waals surface area contributed by atoms with E-state index in [0.717, 1.165) is 50.2 Å². The summed E-state index contributed by atoms with van der Waals surface area (Å²) in [4.78, 5) is 178. The van der Waals surface area contributed by atoms with E-state index < -0.39 is 145 Å². The van der Waals surface area contributed by atoms with E-state index in [-0.39, 0.29) is 58.6 Å². The summed E-state index contributed by atoms with van der Waals surface area (Å²) in [6, 6.07) is 17.5. The zero-order chi connectivity index (χ0) is 79.3. The van der Waals surface area contributed by atoms with Crippen molar-refractivity contribution >= 4 is 175 Å². The first-order chi connectivity index (χ1) is 47.4. The number of amides is 10. The number of carbonyl (C=O) groups is 12. The zero-order valence-electron chi connectivity index (χ0n) is 61.9. The maximum Gasteiger partial charge on any atom is 0.435 e. The Labute approximate surface area is 628 Å². The third-order valence-corrected chi connectivity index (χ3v) is 15.0. The maximum atomic E-state index is 15.5. The molecule has 104 heavy (non-hydrogen) atoms. The second-order valence-corrected chi connectivity index (χ2v) is 31.3. The van der Waals surface area contributed by atoms with Crippen molar-refractivity contribution in [2.24, 2.45) is 10.2 Å². The first-order valence-electron chi connectivity index (χ1n) is 31.9. The van der Waals surface area contributed by atoms with Crippen molar-refractivity contribution in [3.8, 4) is 0 Å². The van der Waals surface area contributed by atoms with Crippen LogP contribution in [0.5, 0.6) is 0 Å². The van der Waals surface area contributed by atoms with E-state index in [1.165, 1.54) is 139 Å². The van der Waals surface area contributed by atoms with Gasteiger partial charge in [-0.25, -0.2) is 48.4 Å². The minimum Gasteiger partial charge on any atom is -0.443 e. The summed E-state index contributed by atoms with van der Waals surface area (Å²) in [7, 11) is 0. The molecule has 0 saturated heterocycles. The number of imide groups is 4. The third kappa shape index (κ3) is 22.3. The minimum atomic E-state index is -1.65. The van der Waals surface area contributed by atoms with Gasteiger partial charge in [-0.05, 0) is 235 Å². The lowest BCUT2D eigenvalue weighted by Crippen LogP contribution is -2.48. The molecule has 5 aromatic rings. The summed E-state index contributed by atoms with van der Waals surface area (Å²) >= 11 is 33.7. The van der Waals surface area contributed by atoms with E-state index in [0.29, 0.717) is 30.3 Å². The highest BCUT2D eigenvalue weighted by molar-refractivity contribution is 6.70. The molecular weight excluding hydrogens is 1450 g/mol. The van der Waals surface area contributed by atoms with Crippen LogP contribution in [0, 0.1) is 20.8 Å². The molecular formula is C73H83Cl5N8O18. The average molecular weight is 1540 g/mol. The Morgan fingerprint density at radius 2 is 0.606 bits per heavy atom. The van der Waals surface area contributed by atoms with Crippen molar-refractivity contribution in [1.29, 1.82) is 0 Å². The van der Waals surface area contributed by atoms with Crippen LogP contribution in [0.15, 0.2) is 95.1 Å². The number of hydrogen-bond donors (Lipinski definition) is 0. The van der Waals surface area contributed by atoms with Gasteiger partial charge in [0.1, 0.15) is 33.6 Å². The molecule has 0 heterocycles. The summed E-state index contributed by atoms with van der Waals surface area (Å²) in [5, 5.41) is 8.11. The van der Waals surface area contributed by atoms with Crippen LogP contribution in [-0.4, -0.2) is 117 Å². The third-order valence-electron chi connectivity index (χ3n) is 13.3. The van der Waals surface area contributed by atoms with Crippen LogP contribution in [0.2, 0.25) is 25.1 Å². The highest BCUT2D eigenvalue weighted by Crippen LogP contribution is 2.40. The molecule has 0 aromatic heterocycles. The lowest BCUT2D eigenvalue weighted by molar-refractivity contribution is -0.117. The summed E-state index contributed by atoms with van der Waals surface area (Å²) in [5.74, 6) is -7.84. The lowest BCUT2D eigenvalue weighted by Gasteiger charge is -2.30. The number of anilines is 6. The predicted octanol–water partition coefficient (Wildman–Crippen LogP) is 18.4. The molecule has 10 amide bonds. The van der Waals surface area contributed by atoms with Gasteiger partial charge in [-0.1, -0.05) is 70.1 Å². The molecule has 26 nitrogen and oxygen atoms in total. The number of hydrogen-bond acceptors (Lipinski definition) is 20. The normalized spacial score (nSPS) is 12.2. The number of nitrogens with zero attached hydrogens (tertiary/aromatic N) is 8.